The first-order valence-electron chi connectivity index (χ1n) is 9.49. The first kappa shape index (κ1) is 20.2. The van der Waals surface area contributed by atoms with Crippen LogP contribution in [0.5, 0.6) is 11.5 Å². The van der Waals surface area contributed by atoms with E-state index in [1.54, 1.807) is 55.4 Å². The summed E-state index contributed by atoms with van der Waals surface area (Å²) in [5.74, 6) is 0.537. The Hall–Kier alpha value is -4.07. The lowest BCUT2D eigenvalue weighted by Gasteiger charge is -2.15. The minimum Gasteiger partial charge on any atom is -0.497 e. The molecule has 158 valence electrons. The van der Waals surface area contributed by atoms with Gasteiger partial charge >= 0.3 is 5.97 Å². The Labute approximate surface area is 178 Å². The van der Waals surface area contributed by atoms with E-state index >= 15 is 0 Å². The smallest absolute Gasteiger partial charge is 0.341 e. The highest BCUT2D eigenvalue weighted by atomic mass is 16.5. The summed E-state index contributed by atoms with van der Waals surface area (Å²) in [7, 11) is 4.38. The Morgan fingerprint density at radius 2 is 1.81 bits per heavy atom. The van der Waals surface area contributed by atoms with Gasteiger partial charge in [-0.3, -0.25) is 4.79 Å². The first-order chi connectivity index (χ1) is 15.0. The van der Waals surface area contributed by atoms with Crippen LogP contribution in [0.25, 0.3) is 22.6 Å². The minimum absolute atomic E-state index is 0.161. The quantitative estimate of drug-likeness (QED) is 0.462. The van der Waals surface area contributed by atoms with Crippen LogP contribution in [0, 0.1) is 6.92 Å². The van der Waals surface area contributed by atoms with E-state index in [9.17, 15) is 9.59 Å². The van der Waals surface area contributed by atoms with E-state index in [2.05, 4.69) is 5.10 Å². The Kier molecular flexibility index (Phi) is 5.21. The summed E-state index contributed by atoms with van der Waals surface area (Å²) < 4.78 is 18.7. The summed E-state index contributed by atoms with van der Waals surface area (Å²) in [5.41, 5.74) is 2.54. The SMILES string of the molecule is COC(=O)c1cn(-c2cc(OC)ccc2OC)cc2c(=O)n(-c3cccc(C)c3)nc1-2. The van der Waals surface area contributed by atoms with Gasteiger partial charge in [-0.1, -0.05) is 12.1 Å². The molecule has 2 aliphatic rings. The molecule has 0 amide bonds. The fourth-order valence-corrected chi connectivity index (χ4v) is 3.44. The van der Waals surface area contributed by atoms with Gasteiger partial charge in [-0.05, 0) is 36.8 Å². The Morgan fingerprint density at radius 3 is 2.48 bits per heavy atom. The molecule has 0 atom stereocenters. The molecule has 0 saturated carbocycles. The van der Waals surface area contributed by atoms with E-state index in [0.717, 1.165) is 5.56 Å². The van der Waals surface area contributed by atoms with Crippen molar-refractivity contribution in [2.24, 2.45) is 0 Å². The number of rotatable bonds is 5. The van der Waals surface area contributed by atoms with Crippen LogP contribution in [0.3, 0.4) is 0 Å². The van der Waals surface area contributed by atoms with Gasteiger partial charge in [-0.15, -0.1) is 0 Å². The number of hydrogen-bond acceptors (Lipinski definition) is 6. The number of aryl methyl sites for hydroxylation is 1. The van der Waals surface area contributed by atoms with E-state index in [1.165, 1.54) is 11.8 Å². The van der Waals surface area contributed by atoms with E-state index < -0.39 is 5.97 Å². The number of fused-ring (bicyclic) bond motifs is 1. The highest BCUT2D eigenvalue weighted by Crippen LogP contribution is 2.31. The largest absolute Gasteiger partial charge is 0.497 e. The predicted molar refractivity (Wildman–Crippen MR) is 115 cm³/mol. The molecule has 2 aromatic carbocycles. The number of nitrogens with zero attached hydrogens (tertiary/aromatic N) is 3. The second-order valence-corrected chi connectivity index (χ2v) is 6.93. The lowest BCUT2D eigenvalue weighted by atomic mass is 10.1. The maximum absolute atomic E-state index is 13.2. The molecule has 2 aliphatic heterocycles. The fourth-order valence-electron chi connectivity index (χ4n) is 3.44. The van der Waals surface area contributed by atoms with Gasteiger partial charge in [-0.25, -0.2) is 4.79 Å². The van der Waals surface area contributed by atoms with Crippen molar-refractivity contribution in [3.63, 3.8) is 0 Å². The van der Waals surface area contributed by atoms with Crippen molar-refractivity contribution in [1.29, 1.82) is 0 Å². The van der Waals surface area contributed by atoms with Crippen molar-refractivity contribution in [2.75, 3.05) is 21.3 Å². The van der Waals surface area contributed by atoms with Gasteiger partial charge in [0.05, 0.1) is 38.3 Å². The van der Waals surface area contributed by atoms with Crippen molar-refractivity contribution in [1.82, 2.24) is 14.3 Å². The van der Waals surface area contributed by atoms with E-state index in [-0.39, 0.29) is 22.4 Å². The molecule has 0 unspecified atom stereocenters. The van der Waals surface area contributed by atoms with Crippen molar-refractivity contribution in [3.05, 3.63) is 76.3 Å². The zero-order valence-corrected chi connectivity index (χ0v) is 17.6. The third-order valence-electron chi connectivity index (χ3n) is 4.99. The lowest BCUT2D eigenvalue weighted by molar-refractivity contribution is 0.0600. The summed E-state index contributed by atoms with van der Waals surface area (Å²) in [6.45, 7) is 1.93. The molecule has 0 saturated heterocycles. The van der Waals surface area contributed by atoms with E-state index in [1.807, 2.05) is 25.1 Å². The van der Waals surface area contributed by atoms with Crippen molar-refractivity contribution in [2.45, 2.75) is 6.92 Å². The Balaban J connectivity index is 2.02. The maximum Gasteiger partial charge on any atom is 0.341 e. The van der Waals surface area contributed by atoms with Crippen LogP contribution >= 0.6 is 0 Å². The Bertz CT molecular complexity index is 1300. The maximum atomic E-state index is 13.2. The van der Waals surface area contributed by atoms with Gasteiger partial charge in [0.15, 0.2) is 0 Å². The number of benzene rings is 2. The summed E-state index contributed by atoms with van der Waals surface area (Å²) in [5, 5.41) is 4.44. The van der Waals surface area contributed by atoms with Crippen LogP contribution in [-0.4, -0.2) is 41.6 Å². The molecular weight excluding hydrogens is 398 g/mol. The molecular formula is C23H21N3O5. The second kappa shape index (κ2) is 7.98. The van der Waals surface area contributed by atoms with Crippen molar-refractivity contribution in [3.8, 4) is 34.1 Å². The van der Waals surface area contributed by atoms with Gasteiger partial charge in [0.25, 0.3) is 5.56 Å². The van der Waals surface area contributed by atoms with Crippen LogP contribution in [0.1, 0.15) is 15.9 Å². The summed E-state index contributed by atoms with van der Waals surface area (Å²) in [6.07, 6.45) is 3.19. The van der Waals surface area contributed by atoms with Crippen molar-refractivity contribution >= 4 is 5.97 Å². The molecule has 0 N–H and O–H groups in total. The first-order valence-corrected chi connectivity index (χ1v) is 9.49. The number of methoxy groups -OCH3 is 3. The summed E-state index contributed by atoms with van der Waals surface area (Å²) in [4.78, 5) is 25.8. The van der Waals surface area contributed by atoms with Gasteiger partial charge in [-0.2, -0.15) is 9.78 Å². The number of ether oxygens (including phenoxy) is 3. The lowest BCUT2D eigenvalue weighted by Crippen LogP contribution is -2.15. The molecule has 4 rings (SSSR count). The molecule has 8 heteroatoms. The molecule has 2 aromatic rings. The second-order valence-electron chi connectivity index (χ2n) is 6.93. The third-order valence-corrected chi connectivity index (χ3v) is 4.99. The number of carbonyl (C=O) groups excluding carboxylic acids is 1. The number of esters is 1. The summed E-state index contributed by atoms with van der Waals surface area (Å²) in [6, 6.07) is 12.7. The highest BCUT2D eigenvalue weighted by Gasteiger charge is 2.26. The van der Waals surface area contributed by atoms with Gasteiger partial charge in [0.1, 0.15) is 22.8 Å². The molecule has 0 radical (unpaired) electrons. The average Bonchev–Trinajstić information content (AvgIpc) is 3.13. The number of carbonyl (C=O) groups is 1. The molecule has 0 fully saturated rings. The predicted octanol–water partition coefficient (Wildman–Crippen LogP) is 3.24. The molecule has 0 spiro atoms. The Morgan fingerprint density at radius 1 is 1.00 bits per heavy atom. The van der Waals surface area contributed by atoms with Crippen LogP contribution in [0.4, 0.5) is 0 Å². The van der Waals surface area contributed by atoms with Gasteiger partial charge < -0.3 is 18.8 Å². The van der Waals surface area contributed by atoms with E-state index in [0.29, 0.717) is 22.9 Å². The molecule has 0 aliphatic carbocycles. The van der Waals surface area contributed by atoms with Crippen LogP contribution < -0.4 is 15.0 Å². The minimum atomic E-state index is -0.602. The highest BCUT2D eigenvalue weighted by molar-refractivity contribution is 5.96. The summed E-state index contributed by atoms with van der Waals surface area (Å²) >= 11 is 0. The van der Waals surface area contributed by atoms with Gasteiger partial charge in [0, 0.05) is 18.5 Å². The van der Waals surface area contributed by atoms with Crippen LogP contribution in [-0.2, 0) is 4.74 Å². The number of pyridine rings is 1. The average molecular weight is 419 g/mol. The van der Waals surface area contributed by atoms with Crippen LogP contribution in [0.2, 0.25) is 0 Å². The zero-order valence-electron chi connectivity index (χ0n) is 17.6. The topological polar surface area (TPSA) is 84.6 Å². The molecule has 8 nitrogen and oxygen atoms in total. The van der Waals surface area contributed by atoms with Crippen molar-refractivity contribution < 1.29 is 19.0 Å². The van der Waals surface area contributed by atoms with E-state index in [4.69, 9.17) is 14.2 Å². The standard InChI is InChI=1S/C23H21N3O5/c1-14-6-5-7-15(10-14)26-22(27)17-12-25(13-18(21(17)24-26)23(28)31-4)19-11-16(29-2)8-9-20(19)30-3/h5-13H,1-4H3. The fraction of sp³-hybridized carbons (Fsp3) is 0.174. The zero-order chi connectivity index (χ0) is 22.1. The monoisotopic (exact) mass is 419 g/mol. The normalized spacial score (nSPS) is 10.8. The molecule has 2 heterocycles. The number of hydrogen-bond donors (Lipinski definition) is 0. The molecule has 0 aromatic heterocycles. The molecule has 0 bridgehead atoms. The molecule has 31 heavy (non-hydrogen) atoms. The van der Waals surface area contributed by atoms with Crippen LogP contribution in [0.15, 0.2) is 59.7 Å². The third kappa shape index (κ3) is 3.52. The number of aromatic nitrogens is 3. The van der Waals surface area contributed by atoms with Gasteiger partial charge in [0.2, 0.25) is 0 Å².